The van der Waals surface area contributed by atoms with Crippen molar-refractivity contribution in [2.75, 3.05) is 26.2 Å². The summed E-state index contributed by atoms with van der Waals surface area (Å²) in [5.74, 6) is -0.624. The van der Waals surface area contributed by atoms with Gasteiger partial charge in [-0.3, -0.25) is 9.59 Å². The first-order valence-corrected chi connectivity index (χ1v) is 12.0. The molecule has 0 radical (unpaired) electrons. The van der Waals surface area contributed by atoms with Gasteiger partial charge in [0.25, 0.3) is 5.91 Å². The lowest BCUT2D eigenvalue weighted by Gasteiger charge is -2.34. The second-order valence-corrected chi connectivity index (χ2v) is 10.9. The third-order valence-electron chi connectivity index (χ3n) is 5.59. The van der Waals surface area contributed by atoms with Crippen LogP contribution in [0.2, 0.25) is 0 Å². The molecule has 10 heteroatoms. The largest absolute Gasteiger partial charge is 0.364 e. The maximum absolute atomic E-state index is 13.0. The lowest BCUT2D eigenvalue weighted by atomic mass is 10.1. The zero-order valence-corrected chi connectivity index (χ0v) is 18.5. The second-order valence-electron chi connectivity index (χ2n) is 7.69. The van der Waals surface area contributed by atoms with Gasteiger partial charge >= 0.3 is 0 Å². The van der Waals surface area contributed by atoms with Crippen LogP contribution < -0.4 is 5.73 Å². The highest BCUT2D eigenvalue weighted by Crippen LogP contribution is 2.38. The minimum absolute atomic E-state index is 0.0377. The van der Waals surface area contributed by atoms with Gasteiger partial charge < -0.3 is 15.2 Å². The quantitative estimate of drug-likeness (QED) is 0.751. The Bertz CT molecular complexity index is 1120. The Morgan fingerprint density at radius 1 is 1.13 bits per heavy atom. The third kappa shape index (κ3) is 3.75. The van der Waals surface area contributed by atoms with Crippen molar-refractivity contribution in [1.82, 2.24) is 13.8 Å². The summed E-state index contributed by atoms with van der Waals surface area (Å²) >= 11 is 1.59. The average Bonchev–Trinajstić information content (AvgIpc) is 3.31. The van der Waals surface area contributed by atoms with E-state index in [0.29, 0.717) is 19.5 Å². The number of sulfonamides is 1. The Morgan fingerprint density at radius 3 is 2.47 bits per heavy atom. The number of primary amides is 1. The summed E-state index contributed by atoms with van der Waals surface area (Å²) in [4.78, 5) is 27.4. The molecule has 1 fully saturated rings. The van der Waals surface area contributed by atoms with Gasteiger partial charge in [0.1, 0.15) is 10.6 Å². The standard InChI is InChI=1S/C20H24N4O4S2/c1-13-3-4-14-10-18(29-17(14)9-13)20(26)23-5-7-24(8-6-23)30(27,28)15-11-16(19(21)25)22(2)12-15/h3-4,9,11-12,18H,5-8,10H2,1-2H3,(H2,21,25)/t18-/m1/s1. The van der Waals surface area contributed by atoms with E-state index in [4.69, 9.17) is 5.73 Å². The smallest absolute Gasteiger partial charge is 0.265 e. The van der Waals surface area contributed by atoms with Gasteiger partial charge in [-0.15, -0.1) is 11.8 Å². The first-order valence-electron chi connectivity index (χ1n) is 9.68. The van der Waals surface area contributed by atoms with Crippen molar-refractivity contribution in [2.24, 2.45) is 12.8 Å². The fourth-order valence-corrected chi connectivity index (χ4v) is 6.76. The second kappa shape index (κ2) is 7.75. The van der Waals surface area contributed by atoms with Gasteiger partial charge in [-0.25, -0.2) is 8.42 Å². The van der Waals surface area contributed by atoms with E-state index in [9.17, 15) is 18.0 Å². The minimum atomic E-state index is -3.75. The van der Waals surface area contributed by atoms with E-state index < -0.39 is 15.9 Å². The summed E-state index contributed by atoms with van der Waals surface area (Å²) in [5.41, 5.74) is 7.79. The van der Waals surface area contributed by atoms with Crippen LogP contribution in [-0.2, 0) is 28.3 Å². The number of benzene rings is 1. The van der Waals surface area contributed by atoms with Crippen molar-refractivity contribution in [3.8, 4) is 0 Å². The summed E-state index contributed by atoms with van der Waals surface area (Å²) in [5, 5.41) is -0.155. The van der Waals surface area contributed by atoms with Gasteiger partial charge in [-0.05, 0) is 31.0 Å². The van der Waals surface area contributed by atoms with Crippen molar-refractivity contribution < 1.29 is 18.0 Å². The lowest BCUT2D eigenvalue weighted by Crippen LogP contribution is -2.52. The minimum Gasteiger partial charge on any atom is -0.364 e. The summed E-state index contributed by atoms with van der Waals surface area (Å²) in [6.07, 6.45) is 2.10. The Hall–Kier alpha value is -2.30. The number of nitrogens with zero attached hydrogens (tertiary/aromatic N) is 3. The zero-order chi connectivity index (χ0) is 21.6. The number of aryl methyl sites for hydroxylation is 2. The molecule has 30 heavy (non-hydrogen) atoms. The molecule has 1 aromatic heterocycles. The van der Waals surface area contributed by atoms with Crippen LogP contribution in [0, 0.1) is 6.92 Å². The molecule has 1 atom stereocenters. The number of carbonyl (C=O) groups is 2. The van der Waals surface area contributed by atoms with Crippen LogP contribution in [0.1, 0.15) is 21.6 Å². The summed E-state index contributed by atoms with van der Waals surface area (Å²) < 4.78 is 28.6. The topological polar surface area (TPSA) is 106 Å². The van der Waals surface area contributed by atoms with Crippen LogP contribution in [0.4, 0.5) is 0 Å². The number of thioether (sulfide) groups is 1. The van der Waals surface area contributed by atoms with Crippen LogP contribution in [0.5, 0.6) is 0 Å². The fourth-order valence-electron chi connectivity index (χ4n) is 3.89. The summed E-state index contributed by atoms with van der Waals surface area (Å²) in [7, 11) is -2.17. The fraction of sp³-hybridized carbons (Fsp3) is 0.400. The number of piperazine rings is 1. The van der Waals surface area contributed by atoms with Crippen LogP contribution in [0.25, 0.3) is 0 Å². The molecule has 2 N–H and O–H groups in total. The van der Waals surface area contributed by atoms with Gasteiger partial charge in [-0.2, -0.15) is 4.31 Å². The number of amides is 2. The molecule has 0 aliphatic carbocycles. The van der Waals surface area contributed by atoms with Gasteiger partial charge in [0.15, 0.2) is 0 Å². The molecule has 0 saturated carbocycles. The van der Waals surface area contributed by atoms with Gasteiger partial charge in [-0.1, -0.05) is 17.7 Å². The lowest BCUT2D eigenvalue weighted by molar-refractivity contribution is -0.131. The molecule has 2 aliphatic heterocycles. The molecule has 3 heterocycles. The van der Waals surface area contributed by atoms with E-state index in [2.05, 4.69) is 18.2 Å². The first-order chi connectivity index (χ1) is 14.2. The van der Waals surface area contributed by atoms with Gasteiger partial charge in [0, 0.05) is 44.3 Å². The summed E-state index contributed by atoms with van der Waals surface area (Å²) in [6.45, 7) is 3.17. The van der Waals surface area contributed by atoms with Crippen LogP contribution in [0.3, 0.4) is 0 Å². The number of nitrogens with two attached hydrogens (primary N) is 1. The number of aromatic nitrogens is 1. The Kier molecular flexibility index (Phi) is 5.41. The van der Waals surface area contributed by atoms with Crippen molar-refractivity contribution in [3.63, 3.8) is 0 Å². The van der Waals surface area contributed by atoms with Crippen LogP contribution in [-0.4, -0.2) is 65.4 Å². The molecule has 160 valence electrons. The predicted octanol–water partition coefficient (Wildman–Crippen LogP) is 0.982. The Labute approximate surface area is 180 Å². The van der Waals surface area contributed by atoms with Crippen LogP contribution >= 0.6 is 11.8 Å². The molecule has 4 rings (SSSR count). The monoisotopic (exact) mass is 448 g/mol. The van der Waals surface area contributed by atoms with E-state index in [-0.39, 0.29) is 34.8 Å². The predicted molar refractivity (Wildman–Crippen MR) is 114 cm³/mol. The summed E-state index contributed by atoms with van der Waals surface area (Å²) in [6, 6.07) is 7.54. The molecule has 1 saturated heterocycles. The third-order valence-corrected chi connectivity index (χ3v) is 8.74. The molecular formula is C20H24N4O4S2. The molecule has 2 amide bonds. The van der Waals surface area contributed by atoms with E-state index in [1.54, 1.807) is 23.7 Å². The highest BCUT2D eigenvalue weighted by molar-refractivity contribution is 8.01. The number of fused-ring (bicyclic) bond motifs is 1. The molecule has 0 spiro atoms. The van der Waals surface area contributed by atoms with Crippen molar-refractivity contribution in [1.29, 1.82) is 0 Å². The molecule has 2 aliphatic rings. The SMILES string of the molecule is Cc1ccc2c(c1)S[C@@H](C(=O)N1CCN(S(=O)(=O)c3cc(C(N)=O)n(C)c3)CC1)C2. The molecule has 2 aromatic rings. The molecule has 8 nitrogen and oxygen atoms in total. The Balaban J connectivity index is 1.41. The normalized spacial score (nSPS) is 19.7. The average molecular weight is 449 g/mol. The number of rotatable bonds is 4. The molecule has 1 aromatic carbocycles. The number of hydrogen-bond donors (Lipinski definition) is 1. The van der Waals surface area contributed by atoms with E-state index in [1.807, 2.05) is 6.92 Å². The highest BCUT2D eigenvalue weighted by atomic mass is 32.2. The number of hydrogen-bond acceptors (Lipinski definition) is 5. The highest BCUT2D eigenvalue weighted by Gasteiger charge is 2.36. The van der Waals surface area contributed by atoms with E-state index >= 15 is 0 Å². The van der Waals surface area contributed by atoms with Crippen molar-refractivity contribution in [3.05, 3.63) is 47.3 Å². The zero-order valence-electron chi connectivity index (χ0n) is 16.9. The van der Waals surface area contributed by atoms with E-state index in [0.717, 1.165) is 4.90 Å². The first kappa shape index (κ1) is 21.0. The Morgan fingerprint density at radius 2 is 1.83 bits per heavy atom. The van der Waals surface area contributed by atoms with Crippen LogP contribution in [0.15, 0.2) is 40.3 Å². The molecular weight excluding hydrogens is 424 g/mol. The maximum atomic E-state index is 13.0. The van der Waals surface area contributed by atoms with Crippen molar-refractivity contribution >= 4 is 33.6 Å². The molecule has 0 bridgehead atoms. The maximum Gasteiger partial charge on any atom is 0.265 e. The van der Waals surface area contributed by atoms with Gasteiger partial charge in [0.2, 0.25) is 15.9 Å². The number of carbonyl (C=O) groups excluding carboxylic acids is 2. The molecule has 0 unspecified atom stereocenters. The van der Waals surface area contributed by atoms with Gasteiger partial charge in [0.05, 0.1) is 5.25 Å². The van der Waals surface area contributed by atoms with Crippen molar-refractivity contribution in [2.45, 2.75) is 28.4 Å². The van der Waals surface area contributed by atoms with E-state index in [1.165, 1.54) is 32.3 Å².